The van der Waals surface area contributed by atoms with Crippen LogP contribution in [0, 0.1) is 25.2 Å². The van der Waals surface area contributed by atoms with Crippen LogP contribution in [0.1, 0.15) is 48.7 Å². The van der Waals surface area contributed by atoms with E-state index < -0.39 is 5.60 Å². The van der Waals surface area contributed by atoms with Gasteiger partial charge in [-0.1, -0.05) is 24.3 Å². The standard InChI is InChI=1S/C23H25N3O2/c1-15-7-6-8-18(13-24)20(15)14-26-21-11-17(9-10-19(21)16(2)25-26)12-22(27)28-23(3,4)5/h6-11H,12,14H2,1-5H3. The Kier molecular flexibility index (Phi) is 5.24. The molecule has 0 amide bonds. The number of rotatable bonds is 4. The van der Waals surface area contributed by atoms with Crippen LogP contribution < -0.4 is 0 Å². The van der Waals surface area contributed by atoms with Gasteiger partial charge in [0.05, 0.1) is 35.8 Å². The Hall–Kier alpha value is -3.13. The summed E-state index contributed by atoms with van der Waals surface area (Å²) in [7, 11) is 0. The molecule has 2 aromatic carbocycles. The van der Waals surface area contributed by atoms with E-state index in [0.29, 0.717) is 12.1 Å². The zero-order chi connectivity index (χ0) is 20.5. The Balaban J connectivity index is 1.96. The molecule has 0 spiro atoms. The van der Waals surface area contributed by atoms with Crippen molar-refractivity contribution in [1.29, 1.82) is 5.26 Å². The summed E-state index contributed by atoms with van der Waals surface area (Å²) in [4.78, 5) is 12.2. The molecule has 5 heteroatoms. The zero-order valence-corrected chi connectivity index (χ0v) is 17.0. The van der Waals surface area contributed by atoms with Crippen LogP contribution in [0.25, 0.3) is 10.9 Å². The number of ether oxygens (including phenoxy) is 1. The van der Waals surface area contributed by atoms with Crippen LogP contribution in [0.15, 0.2) is 36.4 Å². The van der Waals surface area contributed by atoms with Gasteiger partial charge < -0.3 is 4.74 Å². The van der Waals surface area contributed by atoms with E-state index in [2.05, 4.69) is 11.2 Å². The minimum absolute atomic E-state index is 0.214. The lowest BCUT2D eigenvalue weighted by molar-refractivity contribution is -0.153. The molecule has 3 rings (SSSR count). The van der Waals surface area contributed by atoms with Crippen molar-refractivity contribution in [2.75, 3.05) is 0 Å². The first-order chi connectivity index (χ1) is 13.2. The topological polar surface area (TPSA) is 67.9 Å². The second-order valence-corrected chi connectivity index (χ2v) is 8.07. The number of fused-ring (bicyclic) bond motifs is 1. The van der Waals surface area contributed by atoms with Gasteiger partial charge in [-0.15, -0.1) is 0 Å². The quantitative estimate of drug-likeness (QED) is 0.632. The van der Waals surface area contributed by atoms with Gasteiger partial charge in [-0.05, 0) is 63.4 Å². The first kappa shape index (κ1) is 19.6. The van der Waals surface area contributed by atoms with Gasteiger partial charge in [0.2, 0.25) is 0 Å². The molecule has 144 valence electrons. The molecule has 0 saturated heterocycles. The lowest BCUT2D eigenvalue weighted by Gasteiger charge is -2.19. The van der Waals surface area contributed by atoms with E-state index in [0.717, 1.165) is 33.3 Å². The molecule has 0 N–H and O–H groups in total. The van der Waals surface area contributed by atoms with E-state index in [1.807, 2.05) is 75.7 Å². The SMILES string of the molecule is Cc1cccc(C#N)c1Cn1nc(C)c2ccc(CC(=O)OC(C)(C)C)cc21. The molecular formula is C23H25N3O2. The second kappa shape index (κ2) is 7.47. The molecule has 0 unspecified atom stereocenters. The van der Waals surface area contributed by atoms with Crippen LogP contribution in [0.2, 0.25) is 0 Å². The second-order valence-electron chi connectivity index (χ2n) is 8.07. The molecule has 0 fully saturated rings. The van der Waals surface area contributed by atoms with Crippen molar-refractivity contribution in [3.05, 3.63) is 64.3 Å². The summed E-state index contributed by atoms with van der Waals surface area (Å²) in [5.74, 6) is -0.250. The fourth-order valence-electron chi connectivity index (χ4n) is 3.33. The van der Waals surface area contributed by atoms with Gasteiger partial charge in [0.15, 0.2) is 0 Å². The summed E-state index contributed by atoms with van der Waals surface area (Å²) >= 11 is 0. The number of hydrogen-bond donors (Lipinski definition) is 0. The maximum absolute atomic E-state index is 12.2. The molecule has 1 heterocycles. The summed E-state index contributed by atoms with van der Waals surface area (Å²) in [6, 6.07) is 13.9. The van der Waals surface area contributed by atoms with Crippen molar-refractivity contribution in [3.8, 4) is 6.07 Å². The summed E-state index contributed by atoms with van der Waals surface area (Å²) in [6.45, 7) is 10.1. The smallest absolute Gasteiger partial charge is 0.310 e. The van der Waals surface area contributed by atoms with Gasteiger partial charge in [0.1, 0.15) is 5.60 Å². The fraction of sp³-hybridized carbons (Fsp3) is 0.348. The Labute approximate surface area is 165 Å². The van der Waals surface area contributed by atoms with Crippen molar-refractivity contribution in [2.24, 2.45) is 0 Å². The van der Waals surface area contributed by atoms with Crippen molar-refractivity contribution >= 4 is 16.9 Å². The van der Waals surface area contributed by atoms with Gasteiger partial charge in [0.25, 0.3) is 0 Å². The lowest BCUT2D eigenvalue weighted by Crippen LogP contribution is -2.24. The monoisotopic (exact) mass is 375 g/mol. The first-order valence-corrected chi connectivity index (χ1v) is 9.34. The predicted octanol–water partition coefficient (Wildman–Crippen LogP) is 4.46. The van der Waals surface area contributed by atoms with Crippen LogP contribution in [0.3, 0.4) is 0 Å². The van der Waals surface area contributed by atoms with Crippen molar-refractivity contribution < 1.29 is 9.53 Å². The molecule has 3 aromatic rings. The molecule has 0 atom stereocenters. The molecule has 0 radical (unpaired) electrons. The molecule has 0 aliphatic rings. The Morgan fingerprint density at radius 1 is 1.21 bits per heavy atom. The van der Waals surface area contributed by atoms with Crippen LogP contribution in [-0.2, 0) is 22.5 Å². The summed E-state index contributed by atoms with van der Waals surface area (Å²) in [5.41, 5.74) is 4.94. The first-order valence-electron chi connectivity index (χ1n) is 9.34. The molecule has 0 saturated carbocycles. The van der Waals surface area contributed by atoms with E-state index in [1.165, 1.54) is 0 Å². The Morgan fingerprint density at radius 3 is 2.64 bits per heavy atom. The summed E-state index contributed by atoms with van der Waals surface area (Å²) in [5, 5.41) is 15.2. The number of nitrogens with zero attached hydrogens (tertiary/aromatic N) is 3. The number of aromatic nitrogens is 2. The number of carbonyl (C=O) groups is 1. The van der Waals surface area contributed by atoms with Crippen molar-refractivity contribution in [3.63, 3.8) is 0 Å². The van der Waals surface area contributed by atoms with Gasteiger partial charge in [-0.3, -0.25) is 9.48 Å². The molecule has 0 bridgehead atoms. The third-order valence-corrected chi connectivity index (χ3v) is 4.61. The highest BCUT2D eigenvalue weighted by Gasteiger charge is 2.18. The largest absolute Gasteiger partial charge is 0.460 e. The van der Waals surface area contributed by atoms with Crippen LogP contribution in [0.4, 0.5) is 0 Å². The van der Waals surface area contributed by atoms with E-state index in [9.17, 15) is 10.1 Å². The van der Waals surface area contributed by atoms with Crippen molar-refractivity contribution in [2.45, 2.75) is 53.2 Å². The predicted molar refractivity (Wildman–Crippen MR) is 109 cm³/mol. The average Bonchev–Trinajstić information content (AvgIpc) is 2.90. The average molecular weight is 375 g/mol. The summed E-state index contributed by atoms with van der Waals surface area (Å²) < 4.78 is 7.34. The fourth-order valence-corrected chi connectivity index (χ4v) is 3.33. The van der Waals surface area contributed by atoms with Crippen LogP contribution >= 0.6 is 0 Å². The Bertz CT molecular complexity index is 1080. The molecule has 0 aliphatic heterocycles. The molecule has 28 heavy (non-hydrogen) atoms. The highest BCUT2D eigenvalue weighted by atomic mass is 16.6. The number of carbonyl (C=O) groups excluding carboxylic acids is 1. The van der Waals surface area contributed by atoms with Gasteiger partial charge in [0, 0.05) is 5.39 Å². The minimum atomic E-state index is -0.502. The maximum atomic E-state index is 12.2. The van der Waals surface area contributed by atoms with E-state index >= 15 is 0 Å². The maximum Gasteiger partial charge on any atom is 0.310 e. The van der Waals surface area contributed by atoms with Crippen molar-refractivity contribution in [1.82, 2.24) is 9.78 Å². The normalized spacial score (nSPS) is 11.4. The lowest BCUT2D eigenvalue weighted by atomic mass is 10.0. The van der Waals surface area contributed by atoms with Crippen LogP contribution in [0.5, 0.6) is 0 Å². The van der Waals surface area contributed by atoms with E-state index in [1.54, 1.807) is 0 Å². The number of nitriles is 1. The van der Waals surface area contributed by atoms with Gasteiger partial charge >= 0.3 is 5.97 Å². The number of hydrogen-bond acceptors (Lipinski definition) is 4. The highest BCUT2D eigenvalue weighted by Crippen LogP contribution is 2.23. The highest BCUT2D eigenvalue weighted by molar-refractivity contribution is 5.84. The minimum Gasteiger partial charge on any atom is -0.460 e. The number of esters is 1. The Morgan fingerprint density at radius 2 is 1.96 bits per heavy atom. The third-order valence-electron chi connectivity index (χ3n) is 4.61. The number of aryl methyl sites for hydroxylation is 2. The zero-order valence-electron chi connectivity index (χ0n) is 17.0. The third kappa shape index (κ3) is 4.23. The molecule has 1 aromatic heterocycles. The van der Waals surface area contributed by atoms with Gasteiger partial charge in [-0.25, -0.2) is 0 Å². The van der Waals surface area contributed by atoms with E-state index in [-0.39, 0.29) is 12.4 Å². The molecule has 5 nitrogen and oxygen atoms in total. The number of benzene rings is 2. The van der Waals surface area contributed by atoms with E-state index in [4.69, 9.17) is 4.74 Å². The van der Waals surface area contributed by atoms with Crippen LogP contribution in [-0.4, -0.2) is 21.4 Å². The molecule has 0 aliphatic carbocycles. The van der Waals surface area contributed by atoms with Gasteiger partial charge in [-0.2, -0.15) is 10.4 Å². The summed E-state index contributed by atoms with van der Waals surface area (Å²) in [6.07, 6.45) is 0.214. The molecular weight excluding hydrogens is 350 g/mol.